The minimum Gasteiger partial charge on any atom is -0.356 e. The van der Waals surface area contributed by atoms with Gasteiger partial charge in [-0.1, -0.05) is 44.2 Å². The number of nitrogens with zero attached hydrogens (tertiary/aromatic N) is 4. The van der Waals surface area contributed by atoms with Crippen molar-refractivity contribution in [3.05, 3.63) is 58.8 Å². The fraction of sp³-hybridized carbons (Fsp3) is 0.593. The second kappa shape index (κ2) is 18.0. The first-order chi connectivity index (χ1) is 18.5. The fourth-order valence-electron chi connectivity index (χ4n) is 3.77. The molecule has 2 rings (SSSR count). The van der Waals surface area contributed by atoms with E-state index in [0.29, 0.717) is 50.3 Å². The zero-order valence-corrected chi connectivity index (χ0v) is 23.9. The van der Waals surface area contributed by atoms with Crippen LogP contribution < -0.4 is 15.9 Å². The lowest BCUT2D eigenvalue weighted by Crippen LogP contribution is -2.48. The highest BCUT2D eigenvalue weighted by Crippen LogP contribution is 2.24. The first-order valence-electron chi connectivity index (χ1n) is 13.1. The summed E-state index contributed by atoms with van der Waals surface area (Å²) in [6.07, 6.45) is 6.24. The van der Waals surface area contributed by atoms with Gasteiger partial charge in [0, 0.05) is 49.3 Å². The van der Waals surface area contributed by atoms with Gasteiger partial charge in [0.15, 0.2) is 0 Å². The number of piperidine rings is 1. The van der Waals surface area contributed by atoms with Crippen molar-refractivity contribution >= 4 is 23.1 Å². The first kappa shape index (κ1) is 34.6. The normalized spacial score (nSPS) is 16.3. The molecule has 0 amide bonds. The molecule has 1 aromatic heterocycles. The van der Waals surface area contributed by atoms with Crippen molar-refractivity contribution in [1.82, 2.24) is 19.9 Å². The number of nitrogens with one attached hydrogen (secondary N) is 1. The Morgan fingerprint density at radius 3 is 2.36 bits per heavy atom. The van der Waals surface area contributed by atoms with Crippen molar-refractivity contribution < 1.29 is 23.0 Å². The molecule has 0 spiro atoms. The van der Waals surface area contributed by atoms with Crippen LogP contribution in [0.15, 0.2) is 47.3 Å². The van der Waals surface area contributed by atoms with Crippen LogP contribution in [0.4, 0.5) is 19.1 Å². The zero-order valence-electron chi connectivity index (χ0n) is 23.2. The summed E-state index contributed by atoms with van der Waals surface area (Å²) in [6.45, 7) is 12.5. The van der Waals surface area contributed by atoms with E-state index in [1.54, 1.807) is 13.0 Å². The van der Waals surface area contributed by atoms with Crippen molar-refractivity contribution in [3.63, 3.8) is 0 Å². The molecule has 2 N–H and O–H groups in total. The summed E-state index contributed by atoms with van der Waals surface area (Å²) < 4.78 is 41.4. The summed E-state index contributed by atoms with van der Waals surface area (Å²) in [6, 6.07) is 0.130. The molecule has 1 atom stereocenters. The molecule has 0 saturated carbocycles. The number of rotatable bonds is 12. The maximum absolute atomic E-state index is 12.8. The highest BCUT2D eigenvalue weighted by Gasteiger charge is 2.29. The van der Waals surface area contributed by atoms with E-state index >= 15 is 0 Å². The molecule has 8 nitrogen and oxygen atoms in total. The minimum absolute atomic E-state index is 0.130. The van der Waals surface area contributed by atoms with Crippen molar-refractivity contribution in [1.29, 1.82) is 0 Å². The highest BCUT2D eigenvalue weighted by molar-refractivity contribution is 6.19. The Bertz CT molecular complexity index is 1030. The number of hydrogen-bond acceptors (Lipinski definition) is 7. The predicted molar refractivity (Wildman–Crippen MR) is 151 cm³/mol. The van der Waals surface area contributed by atoms with Gasteiger partial charge in [-0.05, 0) is 39.5 Å². The van der Waals surface area contributed by atoms with Crippen LogP contribution in [0.3, 0.4) is 0 Å². The van der Waals surface area contributed by atoms with Crippen LogP contribution in [0.2, 0.25) is 0 Å². The molecule has 12 heteroatoms. The van der Waals surface area contributed by atoms with Crippen LogP contribution in [0.5, 0.6) is 0 Å². The summed E-state index contributed by atoms with van der Waals surface area (Å²) in [7, 11) is 0. The van der Waals surface area contributed by atoms with Gasteiger partial charge in [0.05, 0.1) is 0 Å². The largest absolute Gasteiger partial charge is 0.412 e. The molecule has 0 aliphatic carbocycles. The molecule has 1 aliphatic heterocycles. The standard InChI is InChI=1S/C21H32ClN5O3.C6H9F3/c1-4-8-16(9-7-12-22)18-24-19(25-20(28)27(18)13-5-2)26-14-10-17(11-15-26)23-21(29)30-6-3;1-3-4-5(2)6(7,8)9/h5,7-9,17,21,23,29H,2,4,6,10-15H2,1,3H3;4H,3H2,1-2H3/b9-7-,16-8+;5-4+. The second-order valence-electron chi connectivity index (χ2n) is 8.68. The Morgan fingerprint density at radius 2 is 1.87 bits per heavy atom. The average molecular weight is 576 g/mol. The number of aliphatic hydroxyl groups excluding tert-OH is 1. The van der Waals surface area contributed by atoms with E-state index in [2.05, 4.69) is 16.9 Å². The van der Waals surface area contributed by atoms with Crippen LogP contribution in [-0.4, -0.2) is 63.9 Å². The van der Waals surface area contributed by atoms with E-state index in [9.17, 15) is 23.1 Å². The number of aromatic nitrogens is 3. The topological polar surface area (TPSA) is 92.5 Å². The van der Waals surface area contributed by atoms with Crippen molar-refractivity contribution in [3.8, 4) is 0 Å². The van der Waals surface area contributed by atoms with E-state index in [1.165, 1.54) is 10.6 Å². The number of halogens is 4. The Balaban J connectivity index is 0.000000724. The van der Waals surface area contributed by atoms with Gasteiger partial charge in [-0.2, -0.15) is 23.1 Å². The Morgan fingerprint density at radius 1 is 1.23 bits per heavy atom. The van der Waals surface area contributed by atoms with Gasteiger partial charge in [0.25, 0.3) is 0 Å². The van der Waals surface area contributed by atoms with Gasteiger partial charge in [-0.15, -0.1) is 18.2 Å². The van der Waals surface area contributed by atoms with Crippen LogP contribution in [0.25, 0.3) is 5.57 Å². The number of aliphatic hydroxyl groups is 1. The van der Waals surface area contributed by atoms with Crippen molar-refractivity contribution in [2.45, 2.75) is 78.6 Å². The molecular weight excluding hydrogens is 535 g/mol. The van der Waals surface area contributed by atoms with Gasteiger partial charge in [-0.3, -0.25) is 9.88 Å². The number of ether oxygens (including phenoxy) is 1. The monoisotopic (exact) mass is 575 g/mol. The van der Waals surface area contributed by atoms with E-state index in [1.807, 2.05) is 37.0 Å². The molecule has 220 valence electrons. The lowest BCUT2D eigenvalue weighted by molar-refractivity contribution is -0.123. The van der Waals surface area contributed by atoms with Gasteiger partial charge in [0.2, 0.25) is 12.4 Å². The molecule has 0 aromatic carbocycles. The smallest absolute Gasteiger partial charge is 0.356 e. The first-order valence-corrected chi connectivity index (χ1v) is 13.6. The Labute approximate surface area is 233 Å². The maximum Gasteiger partial charge on any atom is 0.412 e. The maximum atomic E-state index is 12.8. The summed E-state index contributed by atoms with van der Waals surface area (Å²) in [5.41, 5.74) is -0.0367. The van der Waals surface area contributed by atoms with E-state index < -0.39 is 18.2 Å². The van der Waals surface area contributed by atoms with Crippen LogP contribution in [0.1, 0.15) is 59.2 Å². The SMILES string of the molecule is C=CCn1c(C(/C=C\CCl)=C/CC)nc(N2CCC(NC(O)OCC)CC2)nc1=O.CC/C=C(\C)C(F)(F)F. The summed E-state index contributed by atoms with van der Waals surface area (Å²) >= 11 is 5.82. The summed E-state index contributed by atoms with van der Waals surface area (Å²) in [4.78, 5) is 23.7. The summed E-state index contributed by atoms with van der Waals surface area (Å²) in [5, 5.41) is 12.8. The fourth-order valence-corrected chi connectivity index (χ4v) is 3.86. The van der Waals surface area contributed by atoms with Crippen LogP contribution >= 0.6 is 11.6 Å². The number of alkyl halides is 4. The molecule has 1 unspecified atom stereocenters. The van der Waals surface area contributed by atoms with Gasteiger partial charge in [-0.25, -0.2) is 4.79 Å². The molecule has 1 aromatic rings. The quantitative estimate of drug-likeness (QED) is 0.153. The molecule has 39 heavy (non-hydrogen) atoms. The Hall–Kier alpha value is -2.47. The van der Waals surface area contributed by atoms with Gasteiger partial charge in [0.1, 0.15) is 5.82 Å². The predicted octanol–water partition coefficient (Wildman–Crippen LogP) is 5.19. The molecule has 0 radical (unpaired) electrons. The van der Waals surface area contributed by atoms with Crippen molar-refractivity contribution in [2.24, 2.45) is 0 Å². The van der Waals surface area contributed by atoms with Crippen LogP contribution in [0, 0.1) is 0 Å². The third kappa shape index (κ3) is 12.1. The zero-order chi connectivity index (χ0) is 29.4. The highest BCUT2D eigenvalue weighted by atomic mass is 35.5. The minimum atomic E-state index is -4.13. The number of anilines is 1. The van der Waals surface area contributed by atoms with E-state index in [4.69, 9.17) is 21.3 Å². The number of allylic oxidation sites excluding steroid dienone is 7. The molecule has 1 fully saturated rings. The summed E-state index contributed by atoms with van der Waals surface area (Å²) in [5.74, 6) is 1.35. The average Bonchev–Trinajstić information content (AvgIpc) is 2.88. The van der Waals surface area contributed by atoms with Gasteiger partial charge >= 0.3 is 11.9 Å². The van der Waals surface area contributed by atoms with Crippen LogP contribution in [-0.2, 0) is 11.3 Å². The molecule has 2 heterocycles. The molecule has 1 saturated heterocycles. The number of hydrogen-bond donors (Lipinski definition) is 2. The van der Waals surface area contributed by atoms with Gasteiger partial charge < -0.3 is 14.7 Å². The second-order valence-corrected chi connectivity index (χ2v) is 8.99. The Kier molecular flexibility index (Phi) is 15.9. The molecule has 0 bridgehead atoms. The lowest BCUT2D eigenvalue weighted by Gasteiger charge is -2.33. The lowest BCUT2D eigenvalue weighted by atomic mass is 10.1. The van der Waals surface area contributed by atoms with Crippen molar-refractivity contribution in [2.75, 3.05) is 30.5 Å². The van der Waals surface area contributed by atoms with E-state index in [-0.39, 0.29) is 11.7 Å². The third-order valence-corrected chi connectivity index (χ3v) is 5.88. The molecule has 1 aliphatic rings. The third-order valence-electron chi connectivity index (χ3n) is 5.71. The van der Waals surface area contributed by atoms with E-state index in [0.717, 1.165) is 31.8 Å². The molecular formula is C27H41ClF3N5O3.